The van der Waals surface area contributed by atoms with E-state index in [0.29, 0.717) is 5.92 Å². The molecular weight excluding hydrogens is 635 g/mol. The van der Waals surface area contributed by atoms with Crippen molar-refractivity contribution >= 4 is 0 Å². The number of rotatable bonds is 3. The summed E-state index contributed by atoms with van der Waals surface area (Å²) in [4.78, 5) is 2.66. The highest BCUT2D eigenvalue weighted by atomic mass is 16.5. The number of nitrogens with zero attached hydrogens (tertiary/aromatic N) is 1. The Morgan fingerprint density at radius 2 is 0.808 bits per heavy atom. The van der Waals surface area contributed by atoms with E-state index in [-0.39, 0.29) is 0 Å². The largest absolute Gasteiger partial charge is 0.457 e. The first-order valence-corrected chi connectivity index (χ1v) is 18.5. The molecule has 1 atom stereocenters. The lowest BCUT2D eigenvalue weighted by molar-refractivity contribution is 0.246. The van der Waals surface area contributed by atoms with Gasteiger partial charge in [0.25, 0.3) is 0 Å². The topological polar surface area (TPSA) is 21.7 Å². The van der Waals surface area contributed by atoms with Crippen molar-refractivity contribution in [2.24, 2.45) is 0 Å². The lowest BCUT2D eigenvalue weighted by Gasteiger charge is -2.59. The van der Waals surface area contributed by atoms with Gasteiger partial charge in [0.05, 0.1) is 10.8 Å². The van der Waals surface area contributed by atoms with Crippen molar-refractivity contribution in [2.45, 2.75) is 36.8 Å². The molecule has 7 aromatic carbocycles. The molecule has 3 heterocycles. The van der Waals surface area contributed by atoms with Gasteiger partial charge in [-0.1, -0.05) is 146 Å². The average molecular weight is 672 g/mol. The van der Waals surface area contributed by atoms with Crippen LogP contribution in [-0.4, -0.2) is 11.4 Å². The van der Waals surface area contributed by atoms with Crippen LogP contribution in [0.3, 0.4) is 0 Å². The van der Waals surface area contributed by atoms with E-state index < -0.39 is 10.8 Å². The van der Waals surface area contributed by atoms with Gasteiger partial charge in [-0.25, -0.2) is 0 Å². The Morgan fingerprint density at radius 3 is 1.23 bits per heavy atom. The van der Waals surface area contributed by atoms with Crippen molar-refractivity contribution in [3.05, 3.63) is 214 Å². The van der Waals surface area contributed by atoms with Crippen LogP contribution in [0.15, 0.2) is 164 Å². The molecule has 0 amide bonds. The first kappa shape index (κ1) is 29.8. The minimum atomic E-state index is -0.710. The molecule has 0 saturated carbocycles. The molecule has 2 spiro atoms. The Kier molecular flexibility index (Phi) is 6.33. The third kappa shape index (κ3) is 3.79. The second-order valence-electron chi connectivity index (χ2n) is 14.8. The van der Waals surface area contributed by atoms with E-state index in [0.717, 1.165) is 42.6 Å². The van der Waals surface area contributed by atoms with Gasteiger partial charge >= 0.3 is 0 Å². The third-order valence-electron chi connectivity index (χ3n) is 12.2. The highest BCUT2D eigenvalue weighted by Crippen LogP contribution is 2.72. The van der Waals surface area contributed by atoms with Crippen LogP contribution in [0.2, 0.25) is 0 Å². The summed E-state index contributed by atoms with van der Waals surface area (Å²) in [6.07, 6.45) is 0. The molecule has 0 N–H and O–H groups in total. The standard InChI is InChI=1S/C49H37NO2/c1-32(33-15-3-2-4-16-33)29-50-30-34-17-13-23-40-46(34)47-35(31-50)18-14-24-41(47)49(38-21-7-11-27-44(38)52-45-28-12-8-22-39(45)49)48(40)36-19-5-9-25-42(36)51-43-26-10-6-20-37(43)48/h2-28,32H,29-31H2,1H3/t32-/m1/s1. The van der Waals surface area contributed by atoms with Crippen molar-refractivity contribution in [3.63, 3.8) is 0 Å². The van der Waals surface area contributed by atoms with E-state index >= 15 is 0 Å². The number of fused-ring (bicyclic) bond motifs is 11. The molecule has 3 aliphatic heterocycles. The summed E-state index contributed by atoms with van der Waals surface area (Å²) < 4.78 is 13.7. The molecule has 0 radical (unpaired) electrons. The zero-order chi connectivity index (χ0) is 34.4. The van der Waals surface area contributed by atoms with Crippen LogP contribution in [0.5, 0.6) is 23.0 Å². The zero-order valence-corrected chi connectivity index (χ0v) is 29.1. The van der Waals surface area contributed by atoms with Gasteiger partial charge in [0.1, 0.15) is 23.0 Å². The van der Waals surface area contributed by atoms with Crippen molar-refractivity contribution < 1.29 is 9.47 Å². The fourth-order valence-corrected chi connectivity index (χ4v) is 10.4. The highest BCUT2D eigenvalue weighted by Gasteiger charge is 2.66. The Bertz CT molecular complexity index is 2310. The maximum atomic E-state index is 6.87. The SMILES string of the molecule is C[C@H](CN1Cc2cccc3c2-c2c(cccc2C2(c4ccccc4Oc4ccccc42)C32c3ccccc3Oc3ccccc32)C1)c1ccccc1. The molecule has 7 aromatic rings. The second kappa shape index (κ2) is 11.0. The normalized spacial score (nSPS) is 16.9. The van der Waals surface area contributed by atoms with E-state index in [1.807, 2.05) is 0 Å². The molecule has 11 rings (SSSR count). The smallest absolute Gasteiger partial charge is 0.131 e. The summed E-state index contributed by atoms with van der Waals surface area (Å²) in [5.74, 6) is 3.97. The molecule has 3 nitrogen and oxygen atoms in total. The monoisotopic (exact) mass is 671 g/mol. The fraction of sp³-hybridized carbons (Fsp3) is 0.143. The molecule has 52 heavy (non-hydrogen) atoms. The number of para-hydroxylation sites is 4. The molecule has 250 valence electrons. The lowest BCUT2D eigenvalue weighted by atomic mass is 9.42. The average Bonchev–Trinajstić information content (AvgIpc) is 3.35. The Morgan fingerprint density at radius 1 is 0.442 bits per heavy atom. The Labute approximate surface area is 304 Å². The first-order valence-electron chi connectivity index (χ1n) is 18.5. The van der Waals surface area contributed by atoms with E-state index in [1.165, 1.54) is 61.2 Å². The van der Waals surface area contributed by atoms with Gasteiger partial charge in [0.15, 0.2) is 0 Å². The zero-order valence-electron chi connectivity index (χ0n) is 29.1. The molecule has 0 bridgehead atoms. The Balaban J connectivity index is 1.31. The van der Waals surface area contributed by atoms with Gasteiger partial charge in [0.2, 0.25) is 0 Å². The van der Waals surface area contributed by atoms with Crippen molar-refractivity contribution in [3.8, 4) is 34.1 Å². The molecule has 4 aliphatic rings. The summed E-state index contributed by atoms with van der Waals surface area (Å²) in [5.41, 5.74) is 12.7. The predicted molar refractivity (Wildman–Crippen MR) is 207 cm³/mol. The minimum Gasteiger partial charge on any atom is -0.457 e. The molecule has 0 fully saturated rings. The number of hydrogen-bond acceptors (Lipinski definition) is 3. The van der Waals surface area contributed by atoms with E-state index in [2.05, 4.69) is 176 Å². The van der Waals surface area contributed by atoms with Crippen LogP contribution in [0, 0.1) is 0 Å². The fourth-order valence-electron chi connectivity index (χ4n) is 10.4. The van der Waals surface area contributed by atoms with E-state index in [4.69, 9.17) is 9.47 Å². The van der Waals surface area contributed by atoms with E-state index in [9.17, 15) is 0 Å². The summed E-state index contributed by atoms with van der Waals surface area (Å²) in [7, 11) is 0. The number of benzene rings is 7. The van der Waals surface area contributed by atoms with Crippen LogP contribution < -0.4 is 9.47 Å². The number of ether oxygens (including phenoxy) is 2. The summed E-state index contributed by atoms with van der Waals surface area (Å²) in [5, 5.41) is 0. The molecule has 1 aliphatic carbocycles. The Hall–Kier alpha value is -5.90. The summed E-state index contributed by atoms with van der Waals surface area (Å²) in [6.45, 7) is 5.07. The minimum absolute atomic E-state index is 0.392. The predicted octanol–water partition coefficient (Wildman–Crippen LogP) is 11.4. The highest BCUT2D eigenvalue weighted by molar-refractivity contribution is 5.92. The molecule has 0 saturated heterocycles. The van der Waals surface area contributed by atoms with Gasteiger partial charge in [-0.2, -0.15) is 0 Å². The quantitative estimate of drug-likeness (QED) is 0.187. The third-order valence-corrected chi connectivity index (χ3v) is 12.2. The summed E-state index contributed by atoms with van der Waals surface area (Å²) >= 11 is 0. The van der Waals surface area contributed by atoms with Crippen LogP contribution in [0.1, 0.15) is 62.9 Å². The van der Waals surface area contributed by atoms with Crippen LogP contribution in [0.25, 0.3) is 11.1 Å². The lowest BCUT2D eigenvalue weighted by Crippen LogP contribution is -2.57. The van der Waals surface area contributed by atoms with Crippen LogP contribution in [-0.2, 0) is 23.9 Å². The van der Waals surface area contributed by atoms with Crippen LogP contribution in [0.4, 0.5) is 0 Å². The van der Waals surface area contributed by atoms with Crippen molar-refractivity contribution in [1.29, 1.82) is 0 Å². The molecule has 3 heteroatoms. The van der Waals surface area contributed by atoms with Gasteiger partial charge in [-0.3, -0.25) is 4.90 Å². The first-order chi connectivity index (χ1) is 25.7. The second-order valence-corrected chi connectivity index (χ2v) is 14.8. The van der Waals surface area contributed by atoms with Gasteiger partial charge in [0, 0.05) is 41.9 Å². The number of hydrogen-bond donors (Lipinski definition) is 0. The molecule has 0 unspecified atom stereocenters. The van der Waals surface area contributed by atoms with Crippen molar-refractivity contribution in [1.82, 2.24) is 4.90 Å². The van der Waals surface area contributed by atoms with Gasteiger partial charge in [-0.05, 0) is 69.1 Å². The van der Waals surface area contributed by atoms with E-state index in [1.54, 1.807) is 0 Å². The molecular formula is C49H37NO2. The summed E-state index contributed by atoms with van der Waals surface area (Å²) in [6, 6.07) is 60.2. The van der Waals surface area contributed by atoms with Gasteiger partial charge < -0.3 is 9.47 Å². The molecule has 0 aromatic heterocycles. The van der Waals surface area contributed by atoms with Crippen LogP contribution >= 0.6 is 0 Å². The van der Waals surface area contributed by atoms with Gasteiger partial charge in [-0.15, -0.1) is 0 Å². The van der Waals surface area contributed by atoms with Crippen molar-refractivity contribution in [2.75, 3.05) is 6.54 Å². The maximum Gasteiger partial charge on any atom is 0.131 e. The maximum absolute atomic E-state index is 6.87.